The standard InChI is InChI=1S/C16H25N3O3S/c1-17-12-13-7-9-19(10-8-13)23(21,22)15-6-4-5-14(11-15)16(20)18(2)3/h4-6,11,13,17H,7-10,12H2,1-3H3. The van der Waals surface area contributed by atoms with Gasteiger partial charge in [-0.15, -0.1) is 0 Å². The predicted octanol–water partition coefficient (Wildman–Crippen LogP) is 1.01. The van der Waals surface area contributed by atoms with Gasteiger partial charge in [-0.3, -0.25) is 4.79 Å². The van der Waals surface area contributed by atoms with Crippen molar-refractivity contribution in [2.45, 2.75) is 17.7 Å². The number of hydrogen-bond acceptors (Lipinski definition) is 4. The van der Waals surface area contributed by atoms with E-state index in [1.807, 2.05) is 7.05 Å². The fourth-order valence-corrected chi connectivity index (χ4v) is 4.36. The number of nitrogens with one attached hydrogen (secondary N) is 1. The lowest BCUT2D eigenvalue weighted by atomic mass is 9.98. The van der Waals surface area contributed by atoms with Crippen molar-refractivity contribution in [2.75, 3.05) is 40.8 Å². The predicted molar refractivity (Wildman–Crippen MR) is 89.9 cm³/mol. The van der Waals surface area contributed by atoms with Gasteiger partial charge in [0.1, 0.15) is 0 Å². The maximum absolute atomic E-state index is 12.8. The number of piperidine rings is 1. The van der Waals surface area contributed by atoms with Gasteiger partial charge in [0.05, 0.1) is 4.90 Å². The fraction of sp³-hybridized carbons (Fsp3) is 0.562. The van der Waals surface area contributed by atoms with E-state index in [9.17, 15) is 13.2 Å². The number of hydrogen-bond donors (Lipinski definition) is 1. The van der Waals surface area contributed by atoms with E-state index in [0.29, 0.717) is 24.6 Å². The van der Waals surface area contributed by atoms with Crippen LogP contribution in [-0.4, -0.2) is 64.3 Å². The molecular formula is C16H25N3O3S. The number of carbonyl (C=O) groups excluding carboxylic acids is 1. The zero-order chi connectivity index (χ0) is 17.0. The van der Waals surface area contributed by atoms with Crippen LogP contribution in [0.15, 0.2) is 29.2 Å². The molecule has 2 rings (SSSR count). The third-order valence-electron chi connectivity index (χ3n) is 4.19. The minimum Gasteiger partial charge on any atom is -0.345 e. The highest BCUT2D eigenvalue weighted by Crippen LogP contribution is 2.24. The molecule has 1 heterocycles. The van der Waals surface area contributed by atoms with Crippen molar-refractivity contribution >= 4 is 15.9 Å². The summed E-state index contributed by atoms with van der Waals surface area (Å²) < 4.78 is 27.1. The van der Waals surface area contributed by atoms with E-state index in [0.717, 1.165) is 19.4 Å². The van der Waals surface area contributed by atoms with E-state index in [1.165, 1.54) is 15.3 Å². The van der Waals surface area contributed by atoms with Gasteiger partial charge in [-0.25, -0.2) is 8.42 Å². The lowest BCUT2D eigenvalue weighted by Crippen LogP contribution is -2.40. The van der Waals surface area contributed by atoms with E-state index in [2.05, 4.69) is 5.32 Å². The van der Waals surface area contributed by atoms with Gasteiger partial charge < -0.3 is 10.2 Å². The van der Waals surface area contributed by atoms with Crippen molar-refractivity contribution in [1.82, 2.24) is 14.5 Å². The van der Waals surface area contributed by atoms with Crippen LogP contribution < -0.4 is 5.32 Å². The molecule has 0 unspecified atom stereocenters. The summed E-state index contributed by atoms with van der Waals surface area (Å²) in [5, 5.41) is 3.14. The zero-order valence-corrected chi connectivity index (χ0v) is 14.8. The van der Waals surface area contributed by atoms with Crippen molar-refractivity contribution < 1.29 is 13.2 Å². The smallest absolute Gasteiger partial charge is 0.253 e. The molecule has 0 spiro atoms. The molecule has 1 fully saturated rings. The Kier molecular flexibility index (Phi) is 5.78. The van der Waals surface area contributed by atoms with Crippen molar-refractivity contribution in [3.05, 3.63) is 29.8 Å². The second-order valence-electron chi connectivity index (χ2n) is 6.13. The Labute approximate surface area is 138 Å². The molecule has 7 heteroatoms. The van der Waals surface area contributed by atoms with Crippen LogP contribution in [0.25, 0.3) is 0 Å². The van der Waals surface area contributed by atoms with Gasteiger partial charge in [0.15, 0.2) is 0 Å². The van der Waals surface area contributed by atoms with Crippen molar-refractivity contribution in [3.63, 3.8) is 0 Å². The van der Waals surface area contributed by atoms with Gasteiger partial charge in [0, 0.05) is 32.7 Å². The van der Waals surface area contributed by atoms with Crippen molar-refractivity contribution in [2.24, 2.45) is 5.92 Å². The largest absolute Gasteiger partial charge is 0.345 e. The number of benzene rings is 1. The Morgan fingerprint density at radius 3 is 2.52 bits per heavy atom. The Balaban J connectivity index is 2.17. The highest BCUT2D eigenvalue weighted by Gasteiger charge is 2.29. The van der Waals surface area contributed by atoms with E-state index in [1.54, 1.807) is 32.3 Å². The highest BCUT2D eigenvalue weighted by molar-refractivity contribution is 7.89. The van der Waals surface area contributed by atoms with Crippen molar-refractivity contribution in [1.29, 1.82) is 0 Å². The molecule has 0 radical (unpaired) electrons. The van der Waals surface area contributed by atoms with E-state index < -0.39 is 10.0 Å². The first kappa shape index (κ1) is 17.9. The van der Waals surface area contributed by atoms with Crippen LogP contribution in [0.3, 0.4) is 0 Å². The molecule has 1 aliphatic heterocycles. The molecule has 0 atom stereocenters. The quantitative estimate of drug-likeness (QED) is 0.869. The Bertz CT molecular complexity index is 650. The average molecular weight is 339 g/mol. The number of carbonyl (C=O) groups is 1. The molecule has 0 bridgehead atoms. The van der Waals surface area contributed by atoms with E-state index in [4.69, 9.17) is 0 Å². The molecule has 1 saturated heterocycles. The van der Waals surface area contributed by atoms with Gasteiger partial charge >= 0.3 is 0 Å². The molecule has 128 valence electrons. The molecule has 0 aromatic heterocycles. The average Bonchev–Trinajstić information content (AvgIpc) is 2.55. The van der Waals surface area contributed by atoms with Gasteiger partial charge in [-0.1, -0.05) is 6.07 Å². The molecule has 1 amide bonds. The first-order valence-electron chi connectivity index (χ1n) is 7.82. The van der Waals surface area contributed by atoms with Crippen LogP contribution in [0, 0.1) is 5.92 Å². The molecule has 1 N–H and O–H groups in total. The summed E-state index contributed by atoms with van der Waals surface area (Å²) >= 11 is 0. The zero-order valence-electron chi connectivity index (χ0n) is 13.9. The summed E-state index contributed by atoms with van der Waals surface area (Å²) in [7, 11) is 1.67. The lowest BCUT2D eigenvalue weighted by molar-refractivity contribution is 0.0827. The van der Waals surface area contributed by atoms with Gasteiger partial charge in [0.25, 0.3) is 5.91 Å². The molecule has 23 heavy (non-hydrogen) atoms. The van der Waals surface area contributed by atoms with Crippen molar-refractivity contribution in [3.8, 4) is 0 Å². The summed E-state index contributed by atoms with van der Waals surface area (Å²) in [6, 6.07) is 6.29. The van der Waals surface area contributed by atoms with Gasteiger partial charge in [-0.05, 0) is 50.6 Å². The summed E-state index contributed by atoms with van der Waals surface area (Å²) in [5.74, 6) is 0.322. The third kappa shape index (κ3) is 4.10. The second-order valence-corrected chi connectivity index (χ2v) is 8.07. The lowest BCUT2D eigenvalue weighted by Gasteiger charge is -2.31. The van der Waals surface area contributed by atoms with Crippen LogP contribution in [0.5, 0.6) is 0 Å². The Morgan fingerprint density at radius 1 is 1.30 bits per heavy atom. The first-order chi connectivity index (χ1) is 10.9. The molecule has 6 nitrogen and oxygen atoms in total. The van der Waals surface area contributed by atoms with Crippen LogP contribution in [0.1, 0.15) is 23.2 Å². The maximum atomic E-state index is 12.8. The maximum Gasteiger partial charge on any atom is 0.253 e. The topological polar surface area (TPSA) is 69.7 Å². The minimum absolute atomic E-state index is 0.192. The van der Waals surface area contributed by atoms with Crippen LogP contribution >= 0.6 is 0 Å². The minimum atomic E-state index is -3.54. The molecular weight excluding hydrogens is 314 g/mol. The number of amides is 1. The summed E-state index contributed by atoms with van der Waals surface area (Å²) in [4.78, 5) is 13.7. The van der Waals surface area contributed by atoms with E-state index in [-0.39, 0.29) is 10.8 Å². The van der Waals surface area contributed by atoms with Crippen LogP contribution in [0.2, 0.25) is 0 Å². The van der Waals surface area contributed by atoms with E-state index >= 15 is 0 Å². The summed E-state index contributed by atoms with van der Waals surface area (Å²) in [6.45, 7) is 1.97. The normalized spacial score (nSPS) is 17.2. The molecule has 1 aromatic rings. The summed E-state index contributed by atoms with van der Waals surface area (Å²) in [6.07, 6.45) is 1.72. The molecule has 1 aromatic carbocycles. The fourth-order valence-electron chi connectivity index (χ4n) is 2.84. The molecule has 0 saturated carbocycles. The SMILES string of the molecule is CNCC1CCN(S(=O)(=O)c2cccc(C(=O)N(C)C)c2)CC1. The third-order valence-corrected chi connectivity index (χ3v) is 6.09. The monoisotopic (exact) mass is 339 g/mol. The van der Waals surface area contributed by atoms with Crippen LogP contribution in [-0.2, 0) is 10.0 Å². The first-order valence-corrected chi connectivity index (χ1v) is 9.26. The Hall–Kier alpha value is -1.44. The number of sulfonamides is 1. The molecule has 0 aliphatic carbocycles. The Morgan fingerprint density at radius 2 is 1.96 bits per heavy atom. The van der Waals surface area contributed by atoms with Gasteiger partial charge in [0.2, 0.25) is 10.0 Å². The molecule has 1 aliphatic rings. The number of rotatable bonds is 5. The summed E-state index contributed by atoms with van der Waals surface area (Å²) in [5.41, 5.74) is 0.390. The van der Waals surface area contributed by atoms with Gasteiger partial charge in [-0.2, -0.15) is 4.31 Å². The highest BCUT2D eigenvalue weighted by atomic mass is 32.2. The number of nitrogens with zero attached hydrogens (tertiary/aromatic N) is 2. The second kappa shape index (κ2) is 7.42. The van der Waals surface area contributed by atoms with Crippen LogP contribution in [0.4, 0.5) is 0 Å².